The highest BCUT2D eigenvalue weighted by molar-refractivity contribution is 6.04. The van der Waals surface area contributed by atoms with Crippen molar-refractivity contribution in [1.29, 1.82) is 0 Å². The van der Waals surface area contributed by atoms with Gasteiger partial charge in [0.15, 0.2) is 0 Å². The molecule has 0 radical (unpaired) electrons. The second-order valence-corrected chi connectivity index (χ2v) is 3.85. The third-order valence-corrected chi connectivity index (χ3v) is 2.47. The number of carboxylic acid groups (broad SMARTS) is 1. The lowest BCUT2D eigenvalue weighted by Gasteiger charge is -2.14. The van der Waals surface area contributed by atoms with Gasteiger partial charge in [0.05, 0.1) is 5.71 Å². The SMILES string of the molecule is C[C@]1(C(=O)O)CC(c2cccc(F)c2)=NO1. The summed E-state index contributed by atoms with van der Waals surface area (Å²) < 4.78 is 13.0. The van der Waals surface area contributed by atoms with Gasteiger partial charge in [0, 0.05) is 12.0 Å². The number of aliphatic carboxylic acids is 1. The zero-order valence-corrected chi connectivity index (χ0v) is 8.61. The minimum absolute atomic E-state index is 0.131. The molecule has 1 atom stereocenters. The molecule has 0 saturated carbocycles. The molecule has 0 aromatic heterocycles. The molecule has 16 heavy (non-hydrogen) atoms. The molecule has 84 valence electrons. The zero-order chi connectivity index (χ0) is 11.8. The summed E-state index contributed by atoms with van der Waals surface area (Å²) in [5.74, 6) is -1.47. The van der Waals surface area contributed by atoms with E-state index < -0.39 is 11.6 Å². The van der Waals surface area contributed by atoms with Crippen molar-refractivity contribution in [2.45, 2.75) is 18.9 Å². The van der Waals surface area contributed by atoms with E-state index in [-0.39, 0.29) is 12.2 Å². The number of nitrogens with zero attached hydrogens (tertiary/aromatic N) is 1. The van der Waals surface area contributed by atoms with E-state index in [2.05, 4.69) is 5.16 Å². The first-order valence-electron chi connectivity index (χ1n) is 4.76. The van der Waals surface area contributed by atoms with Crippen LogP contribution >= 0.6 is 0 Å². The smallest absolute Gasteiger partial charge is 0.351 e. The molecule has 5 heteroatoms. The van der Waals surface area contributed by atoms with Crippen LogP contribution in [0.4, 0.5) is 4.39 Å². The van der Waals surface area contributed by atoms with Gasteiger partial charge in [0.2, 0.25) is 5.60 Å². The monoisotopic (exact) mass is 223 g/mol. The third-order valence-electron chi connectivity index (χ3n) is 2.47. The van der Waals surface area contributed by atoms with Crippen LogP contribution in [0.25, 0.3) is 0 Å². The Morgan fingerprint density at radius 3 is 2.94 bits per heavy atom. The quantitative estimate of drug-likeness (QED) is 0.831. The van der Waals surface area contributed by atoms with Gasteiger partial charge in [-0.2, -0.15) is 0 Å². The Labute approximate surface area is 91.3 Å². The van der Waals surface area contributed by atoms with Crippen LogP contribution in [0.15, 0.2) is 29.4 Å². The van der Waals surface area contributed by atoms with Crippen LogP contribution < -0.4 is 0 Å². The minimum atomic E-state index is -1.35. The number of carbonyl (C=O) groups is 1. The van der Waals surface area contributed by atoms with Gasteiger partial charge in [-0.25, -0.2) is 9.18 Å². The number of halogens is 1. The molecular formula is C11H10FNO3. The lowest BCUT2D eigenvalue weighted by atomic mass is 9.96. The van der Waals surface area contributed by atoms with E-state index in [4.69, 9.17) is 9.94 Å². The van der Waals surface area contributed by atoms with Crippen LogP contribution in [-0.4, -0.2) is 22.4 Å². The van der Waals surface area contributed by atoms with Crippen LogP contribution in [0.5, 0.6) is 0 Å². The van der Waals surface area contributed by atoms with E-state index in [0.717, 1.165) is 0 Å². The first-order valence-corrected chi connectivity index (χ1v) is 4.76. The van der Waals surface area contributed by atoms with E-state index in [9.17, 15) is 9.18 Å². The van der Waals surface area contributed by atoms with Crippen molar-refractivity contribution >= 4 is 11.7 Å². The van der Waals surface area contributed by atoms with Crippen molar-refractivity contribution in [2.24, 2.45) is 5.16 Å². The van der Waals surface area contributed by atoms with E-state index in [1.165, 1.54) is 19.1 Å². The normalized spacial score (nSPS) is 23.8. The fraction of sp³-hybridized carbons (Fsp3) is 0.273. The molecule has 2 rings (SSSR count). The Morgan fingerprint density at radius 1 is 1.62 bits per heavy atom. The van der Waals surface area contributed by atoms with Crippen molar-refractivity contribution in [1.82, 2.24) is 0 Å². The molecule has 0 spiro atoms. The van der Waals surface area contributed by atoms with Gasteiger partial charge < -0.3 is 9.94 Å². The molecule has 1 heterocycles. The highest BCUT2D eigenvalue weighted by atomic mass is 19.1. The molecule has 0 amide bonds. The first kappa shape index (κ1) is 10.6. The Balaban J connectivity index is 2.24. The standard InChI is InChI=1S/C11H10FNO3/c1-11(10(14)15)6-9(13-16-11)7-3-2-4-8(12)5-7/h2-5H,6H2,1H3,(H,14,15)/t11-/m1/s1. The number of oxime groups is 1. The first-order chi connectivity index (χ1) is 7.51. The summed E-state index contributed by atoms with van der Waals surface area (Å²) in [6, 6.07) is 5.83. The van der Waals surface area contributed by atoms with Crippen LogP contribution in [0.2, 0.25) is 0 Å². The lowest BCUT2D eigenvalue weighted by Crippen LogP contribution is -2.35. The molecule has 0 bridgehead atoms. The molecule has 0 unspecified atom stereocenters. The Morgan fingerprint density at radius 2 is 2.38 bits per heavy atom. The van der Waals surface area contributed by atoms with Crippen molar-refractivity contribution in [3.05, 3.63) is 35.6 Å². The van der Waals surface area contributed by atoms with Crippen molar-refractivity contribution in [3.63, 3.8) is 0 Å². The fourth-order valence-corrected chi connectivity index (χ4v) is 1.48. The number of rotatable bonds is 2. The summed E-state index contributed by atoms with van der Waals surface area (Å²) in [6.07, 6.45) is 0.131. The number of carboxylic acids is 1. The summed E-state index contributed by atoms with van der Waals surface area (Å²) >= 11 is 0. The summed E-state index contributed by atoms with van der Waals surface area (Å²) in [5.41, 5.74) is -0.351. The molecule has 0 fully saturated rings. The zero-order valence-electron chi connectivity index (χ0n) is 8.61. The van der Waals surface area contributed by atoms with Crippen LogP contribution in [0.3, 0.4) is 0 Å². The maximum atomic E-state index is 13.0. The third kappa shape index (κ3) is 1.76. The average Bonchev–Trinajstić information content (AvgIpc) is 2.62. The number of hydrogen-bond donors (Lipinski definition) is 1. The van der Waals surface area contributed by atoms with Crippen molar-refractivity contribution in [2.75, 3.05) is 0 Å². The predicted molar refractivity (Wildman–Crippen MR) is 54.7 cm³/mol. The Kier molecular flexibility index (Phi) is 2.38. The van der Waals surface area contributed by atoms with Gasteiger partial charge >= 0.3 is 5.97 Å². The van der Waals surface area contributed by atoms with Gasteiger partial charge in [-0.3, -0.25) is 0 Å². The maximum Gasteiger partial charge on any atom is 0.351 e. The lowest BCUT2D eigenvalue weighted by molar-refractivity contribution is -0.160. The molecule has 1 aromatic carbocycles. The predicted octanol–water partition coefficient (Wildman–Crippen LogP) is 1.79. The van der Waals surface area contributed by atoms with E-state index in [0.29, 0.717) is 11.3 Å². The molecule has 0 aliphatic carbocycles. The molecule has 4 nitrogen and oxygen atoms in total. The Bertz CT molecular complexity index is 472. The van der Waals surface area contributed by atoms with Gasteiger partial charge in [-0.05, 0) is 19.1 Å². The van der Waals surface area contributed by atoms with E-state index in [1.54, 1.807) is 12.1 Å². The molecule has 0 saturated heterocycles. The molecule has 1 aromatic rings. The summed E-state index contributed by atoms with van der Waals surface area (Å²) in [5, 5.41) is 12.6. The van der Waals surface area contributed by atoms with Crippen LogP contribution in [0, 0.1) is 5.82 Å². The average molecular weight is 223 g/mol. The Hall–Kier alpha value is -1.91. The fourth-order valence-electron chi connectivity index (χ4n) is 1.48. The summed E-state index contributed by atoms with van der Waals surface area (Å²) in [4.78, 5) is 15.8. The van der Waals surface area contributed by atoms with Crippen molar-refractivity contribution < 1.29 is 19.1 Å². The maximum absolute atomic E-state index is 13.0. The topological polar surface area (TPSA) is 58.9 Å². The van der Waals surface area contributed by atoms with E-state index >= 15 is 0 Å². The molecule has 1 N–H and O–H groups in total. The van der Waals surface area contributed by atoms with E-state index in [1.807, 2.05) is 0 Å². The molecular weight excluding hydrogens is 213 g/mol. The second-order valence-electron chi connectivity index (χ2n) is 3.85. The van der Waals surface area contributed by atoms with Gasteiger partial charge in [0.25, 0.3) is 0 Å². The highest BCUT2D eigenvalue weighted by Crippen LogP contribution is 2.26. The van der Waals surface area contributed by atoms with Gasteiger partial charge in [0.1, 0.15) is 5.82 Å². The molecule has 1 aliphatic rings. The minimum Gasteiger partial charge on any atom is -0.478 e. The molecule has 1 aliphatic heterocycles. The van der Waals surface area contributed by atoms with Gasteiger partial charge in [-0.1, -0.05) is 17.3 Å². The van der Waals surface area contributed by atoms with Crippen LogP contribution in [0.1, 0.15) is 18.9 Å². The number of hydrogen-bond acceptors (Lipinski definition) is 3. The second kappa shape index (κ2) is 3.59. The van der Waals surface area contributed by atoms with Gasteiger partial charge in [-0.15, -0.1) is 0 Å². The van der Waals surface area contributed by atoms with Crippen molar-refractivity contribution in [3.8, 4) is 0 Å². The number of benzene rings is 1. The summed E-state index contributed by atoms with van der Waals surface area (Å²) in [7, 11) is 0. The van der Waals surface area contributed by atoms with Crippen LogP contribution in [-0.2, 0) is 9.63 Å². The summed E-state index contributed by atoms with van der Waals surface area (Å²) in [6.45, 7) is 1.44. The highest BCUT2D eigenvalue weighted by Gasteiger charge is 2.42. The largest absolute Gasteiger partial charge is 0.478 e.